The number of carbonyl (C=O) groups excluding carboxylic acids is 2. The number of rotatable bonds is 5. The van der Waals surface area contributed by atoms with Crippen molar-refractivity contribution < 1.29 is 14.0 Å². The minimum Gasteiger partial charge on any atom is -0.352 e. The van der Waals surface area contributed by atoms with Gasteiger partial charge in [-0.25, -0.2) is 4.39 Å². The van der Waals surface area contributed by atoms with Crippen LogP contribution in [0.1, 0.15) is 33.0 Å². The second-order valence-corrected chi connectivity index (χ2v) is 8.04. The highest BCUT2D eigenvalue weighted by Crippen LogP contribution is 2.34. The predicted molar refractivity (Wildman–Crippen MR) is 118 cm³/mol. The second kappa shape index (κ2) is 9.13. The van der Waals surface area contributed by atoms with E-state index in [1.807, 2.05) is 49.4 Å². The summed E-state index contributed by atoms with van der Waals surface area (Å²) in [7, 11) is 0. The minimum absolute atomic E-state index is 0.0634. The third-order valence-corrected chi connectivity index (χ3v) is 5.85. The quantitative estimate of drug-likeness (QED) is 0.674. The molecule has 4 nitrogen and oxygen atoms in total. The molecule has 0 aromatic heterocycles. The zero-order chi connectivity index (χ0) is 21.8. The second-order valence-electron chi connectivity index (χ2n) is 8.04. The molecule has 3 aromatic rings. The van der Waals surface area contributed by atoms with Crippen LogP contribution in [0, 0.1) is 18.7 Å². The maximum atomic E-state index is 13.1. The summed E-state index contributed by atoms with van der Waals surface area (Å²) in [6.45, 7) is 3.20. The summed E-state index contributed by atoms with van der Waals surface area (Å²) in [6.07, 6.45) is 0. The molecule has 3 aromatic carbocycles. The molecule has 1 heterocycles. The Hall–Kier alpha value is -3.47. The highest BCUT2D eigenvalue weighted by molar-refractivity contribution is 5.95. The number of hydrogen-bond donors (Lipinski definition) is 1. The fourth-order valence-electron chi connectivity index (χ4n) is 4.07. The molecule has 0 bridgehead atoms. The van der Waals surface area contributed by atoms with Crippen molar-refractivity contribution in [2.45, 2.75) is 19.4 Å². The van der Waals surface area contributed by atoms with E-state index in [4.69, 9.17) is 0 Å². The van der Waals surface area contributed by atoms with E-state index in [9.17, 15) is 14.0 Å². The van der Waals surface area contributed by atoms with Gasteiger partial charge in [-0.2, -0.15) is 0 Å². The number of nitrogens with one attached hydrogen (secondary N) is 1. The lowest BCUT2D eigenvalue weighted by molar-refractivity contribution is -0.125. The van der Waals surface area contributed by atoms with Gasteiger partial charge >= 0.3 is 0 Å². The zero-order valence-corrected chi connectivity index (χ0v) is 17.4. The predicted octanol–water partition coefficient (Wildman–Crippen LogP) is 4.31. The molecule has 0 radical (unpaired) electrons. The fourth-order valence-corrected chi connectivity index (χ4v) is 4.07. The third kappa shape index (κ3) is 4.82. The van der Waals surface area contributed by atoms with Gasteiger partial charge < -0.3 is 10.2 Å². The number of carbonyl (C=O) groups is 2. The van der Waals surface area contributed by atoms with Crippen molar-refractivity contribution in [1.82, 2.24) is 10.2 Å². The molecular formula is C26H25FN2O2. The first-order valence-electron chi connectivity index (χ1n) is 10.4. The van der Waals surface area contributed by atoms with E-state index >= 15 is 0 Å². The van der Waals surface area contributed by atoms with Gasteiger partial charge in [0.25, 0.3) is 5.91 Å². The minimum atomic E-state index is -0.351. The molecule has 1 N–H and O–H groups in total. The maximum absolute atomic E-state index is 13.1. The molecule has 0 spiro atoms. The van der Waals surface area contributed by atoms with E-state index in [0.717, 1.165) is 16.7 Å². The zero-order valence-electron chi connectivity index (χ0n) is 17.4. The van der Waals surface area contributed by atoms with E-state index in [-0.39, 0.29) is 29.5 Å². The molecule has 1 fully saturated rings. The largest absolute Gasteiger partial charge is 0.352 e. The van der Waals surface area contributed by atoms with Gasteiger partial charge in [-0.1, -0.05) is 60.2 Å². The van der Waals surface area contributed by atoms with Crippen LogP contribution in [0.15, 0.2) is 78.9 Å². The standard InChI is InChI=1S/C26H25FN2O2/c1-18-7-11-20(12-8-18)23-16-29(26(31)21-5-3-2-4-6-21)17-24(23)25(30)28-15-19-9-13-22(27)14-10-19/h2-14,23-24H,15-17H2,1H3,(H,28,30). The van der Waals surface area contributed by atoms with Crippen LogP contribution in [0.3, 0.4) is 0 Å². The lowest BCUT2D eigenvalue weighted by Crippen LogP contribution is -2.35. The summed E-state index contributed by atoms with van der Waals surface area (Å²) in [5.74, 6) is -0.900. The van der Waals surface area contributed by atoms with Gasteiger partial charge in [-0.15, -0.1) is 0 Å². The maximum Gasteiger partial charge on any atom is 0.253 e. The highest BCUT2D eigenvalue weighted by atomic mass is 19.1. The molecule has 0 saturated carbocycles. The molecule has 4 rings (SSSR count). The van der Waals surface area contributed by atoms with Crippen LogP contribution in [-0.2, 0) is 11.3 Å². The Morgan fingerprint density at radius 2 is 1.61 bits per heavy atom. The van der Waals surface area contributed by atoms with Crippen LogP contribution in [0.2, 0.25) is 0 Å². The van der Waals surface area contributed by atoms with E-state index < -0.39 is 0 Å². The Labute approximate surface area is 181 Å². The lowest BCUT2D eigenvalue weighted by atomic mass is 9.88. The molecule has 1 aliphatic rings. The number of aryl methyl sites for hydroxylation is 1. The van der Waals surface area contributed by atoms with Crippen LogP contribution in [-0.4, -0.2) is 29.8 Å². The molecular weight excluding hydrogens is 391 g/mol. The van der Waals surface area contributed by atoms with Crippen molar-refractivity contribution in [1.29, 1.82) is 0 Å². The average Bonchev–Trinajstić information content (AvgIpc) is 3.24. The van der Waals surface area contributed by atoms with Gasteiger partial charge in [0, 0.05) is 31.1 Å². The first-order valence-corrected chi connectivity index (χ1v) is 10.4. The Kier molecular flexibility index (Phi) is 6.12. The number of halogens is 1. The Balaban J connectivity index is 1.53. The molecule has 1 aliphatic heterocycles. The summed E-state index contributed by atoms with van der Waals surface area (Å²) < 4.78 is 13.1. The molecule has 2 unspecified atom stereocenters. The van der Waals surface area contributed by atoms with E-state index in [1.165, 1.54) is 12.1 Å². The summed E-state index contributed by atoms with van der Waals surface area (Å²) in [5, 5.41) is 2.97. The monoisotopic (exact) mass is 416 g/mol. The summed E-state index contributed by atoms with van der Waals surface area (Å²) in [4.78, 5) is 27.9. The fraction of sp³-hybridized carbons (Fsp3) is 0.231. The van der Waals surface area contributed by atoms with Gasteiger partial charge in [-0.3, -0.25) is 9.59 Å². The van der Waals surface area contributed by atoms with Crippen molar-refractivity contribution in [3.05, 3.63) is 107 Å². The normalized spacial score (nSPS) is 18.1. The van der Waals surface area contributed by atoms with Crippen LogP contribution in [0.5, 0.6) is 0 Å². The summed E-state index contributed by atoms with van der Waals surface area (Å²) in [6, 6.07) is 23.4. The lowest BCUT2D eigenvalue weighted by Gasteiger charge is -2.18. The van der Waals surface area contributed by atoms with Gasteiger partial charge in [0.15, 0.2) is 0 Å². The molecule has 158 valence electrons. The van der Waals surface area contributed by atoms with Crippen molar-refractivity contribution in [3.63, 3.8) is 0 Å². The molecule has 31 heavy (non-hydrogen) atoms. The number of likely N-dealkylation sites (tertiary alicyclic amines) is 1. The number of amides is 2. The van der Waals surface area contributed by atoms with Crippen molar-refractivity contribution in [2.24, 2.45) is 5.92 Å². The molecule has 5 heteroatoms. The van der Waals surface area contributed by atoms with Crippen molar-refractivity contribution >= 4 is 11.8 Å². The Morgan fingerprint density at radius 3 is 2.29 bits per heavy atom. The number of hydrogen-bond acceptors (Lipinski definition) is 2. The summed E-state index contributed by atoms with van der Waals surface area (Å²) >= 11 is 0. The summed E-state index contributed by atoms with van der Waals surface area (Å²) in [5.41, 5.74) is 3.65. The smallest absolute Gasteiger partial charge is 0.253 e. The van der Waals surface area contributed by atoms with Crippen LogP contribution in [0.4, 0.5) is 4.39 Å². The van der Waals surface area contributed by atoms with Crippen LogP contribution >= 0.6 is 0 Å². The Bertz CT molecular complexity index is 1050. The van der Waals surface area contributed by atoms with Gasteiger partial charge in [0.2, 0.25) is 5.91 Å². The number of benzene rings is 3. The Morgan fingerprint density at radius 1 is 0.935 bits per heavy atom. The average molecular weight is 416 g/mol. The molecule has 2 atom stereocenters. The molecule has 0 aliphatic carbocycles. The highest BCUT2D eigenvalue weighted by Gasteiger charge is 2.40. The van der Waals surface area contributed by atoms with E-state index in [1.54, 1.807) is 29.2 Å². The van der Waals surface area contributed by atoms with Crippen LogP contribution in [0.25, 0.3) is 0 Å². The van der Waals surface area contributed by atoms with Crippen molar-refractivity contribution in [3.8, 4) is 0 Å². The molecule has 2 amide bonds. The number of nitrogens with zero attached hydrogens (tertiary/aromatic N) is 1. The topological polar surface area (TPSA) is 49.4 Å². The van der Waals surface area contributed by atoms with E-state index in [2.05, 4.69) is 5.32 Å². The van der Waals surface area contributed by atoms with Crippen LogP contribution < -0.4 is 5.32 Å². The first-order chi connectivity index (χ1) is 15.0. The third-order valence-electron chi connectivity index (χ3n) is 5.85. The van der Waals surface area contributed by atoms with Crippen molar-refractivity contribution in [2.75, 3.05) is 13.1 Å². The molecule has 1 saturated heterocycles. The van der Waals surface area contributed by atoms with Gasteiger partial charge in [0.05, 0.1) is 5.92 Å². The van der Waals surface area contributed by atoms with E-state index in [0.29, 0.717) is 25.2 Å². The SMILES string of the molecule is Cc1ccc(C2CN(C(=O)c3ccccc3)CC2C(=O)NCc2ccc(F)cc2)cc1. The first kappa shape index (κ1) is 20.8. The van der Waals surface area contributed by atoms with Gasteiger partial charge in [-0.05, 0) is 42.3 Å². The van der Waals surface area contributed by atoms with Gasteiger partial charge in [0.1, 0.15) is 5.82 Å².